The normalized spacial score (nSPS) is 12.3. The second-order valence-corrected chi connectivity index (χ2v) is 4.53. The second-order valence-electron chi connectivity index (χ2n) is 4.53. The summed E-state index contributed by atoms with van der Waals surface area (Å²) in [5, 5.41) is 4.60. The molecule has 0 aliphatic carbocycles. The number of anilines is 1. The van der Waals surface area contributed by atoms with E-state index in [0.717, 1.165) is 22.3 Å². The van der Waals surface area contributed by atoms with E-state index in [9.17, 15) is 0 Å². The molecule has 19 heavy (non-hydrogen) atoms. The smallest absolute Gasteiger partial charge is 0.0703 e. The fraction of sp³-hybridized carbons (Fsp3) is 0.125. The molecule has 0 fully saturated rings. The topological polar surface area (TPSA) is 37.8 Å². The van der Waals surface area contributed by atoms with Gasteiger partial charge in [-0.15, -0.1) is 0 Å². The van der Waals surface area contributed by atoms with Gasteiger partial charge in [-0.3, -0.25) is 9.97 Å². The highest BCUT2D eigenvalue weighted by molar-refractivity contribution is 5.82. The Hall–Kier alpha value is -2.42. The molecule has 0 bridgehead atoms. The Kier molecular flexibility index (Phi) is 3.11. The molecule has 2 heterocycles. The van der Waals surface area contributed by atoms with E-state index in [4.69, 9.17) is 0 Å². The number of fused-ring (bicyclic) bond motifs is 1. The Morgan fingerprint density at radius 1 is 0.947 bits per heavy atom. The SMILES string of the molecule is CC(Nc1ccc2ncccc2c1)c1ccccn1. The van der Waals surface area contributed by atoms with Gasteiger partial charge in [-0.2, -0.15) is 0 Å². The summed E-state index contributed by atoms with van der Waals surface area (Å²) in [5.74, 6) is 0. The van der Waals surface area contributed by atoms with Crippen molar-refractivity contribution in [3.8, 4) is 0 Å². The summed E-state index contributed by atoms with van der Waals surface area (Å²) in [6.07, 6.45) is 3.63. The molecule has 2 aromatic heterocycles. The van der Waals surface area contributed by atoms with Crippen molar-refractivity contribution < 1.29 is 0 Å². The predicted octanol–water partition coefficient (Wildman–Crippen LogP) is 3.80. The number of benzene rings is 1. The van der Waals surface area contributed by atoms with Gasteiger partial charge in [0.1, 0.15) is 0 Å². The fourth-order valence-electron chi connectivity index (χ4n) is 2.12. The number of pyridine rings is 2. The number of hydrogen-bond donors (Lipinski definition) is 1. The van der Waals surface area contributed by atoms with Crippen molar-refractivity contribution in [2.75, 3.05) is 5.32 Å². The first kappa shape index (κ1) is 11.7. The lowest BCUT2D eigenvalue weighted by atomic mass is 10.1. The summed E-state index contributed by atoms with van der Waals surface area (Å²) in [7, 11) is 0. The van der Waals surface area contributed by atoms with Crippen LogP contribution in [-0.2, 0) is 0 Å². The first-order valence-electron chi connectivity index (χ1n) is 6.35. The van der Waals surface area contributed by atoms with Crippen molar-refractivity contribution in [3.05, 3.63) is 66.6 Å². The van der Waals surface area contributed by atoms with Crippen molar-refractivity contribution in [3.63, 3.8) is 0 Å². The standard InChI is InChI=1S/C16H15N3/c1-12(15-6-2-3-9-17-15)19-14-7-8-16-13(11-14)5-4-10-18-16/h2-12,19H,1H3. The largest absolute Gasteiger partial charge is 0.377 e. The monoisotopic (exact) mass is 249 g/mol. The van der Waals surface area contributed by atoms with Gasteiger partial charge in [0.25, 0.3) is 0 Å². The van der Waals surface area contributed by atoms with Crippen LogP contribution in [0.1, 0.15) is 18.7 Å². The Balaban J connectivity index is 1.85. The van der Waals surface area contributed by atoms with Gasteiger partial charge < -0.3 is 5.32 Å². The maximum Gasteiger partial charge on any atom is 0.0703 e. The number of hydrogen-bond acceptors (Lipinski definition) is 3. The van der Waals surface area contributed by atoms with Crippen LogP contribution in [0.5, 0.6) is 0 Å². The average Bonchev–Trinajstić information content (AvgIpc) is 2.48. The van der Waals surface area contributed by atoms with E-state index in [1.807, 2.05) is 42.7 Å². The highest BCUT2D eigenvalue weighted by Gasteiger charge is 2.06. The van der Waals surface area contributed by atoms with Crippen LogP contribution in [0.2, 0.25) is 0 Å². The predicted molar refractivity (Wildman–Crippen MR) is 78.0 cm³/mol. The summed E-state index contributed by atoms with van der Waals surface area (Å²) in [6.45, 7) is 2.11. The summed E-state index contributed by atoms with van der Waals surface area (Å²) >= 11 is 0. The first-order valence-corrected chi connectivity index (χ1v) is 6.35. The Bertz CT molecular complexity index is 680. The molecule has 0 radical (unpaired) electrons. The highest BCUT2D eigenvalue weighted by atomic mass is 14.9. The van der Waals surface area contributed by atoms with E-state index in [1.54, 1.807) is 0 Å². The third-order valence-electron chi connectivity index (χ3n) is 3.12. The second kappa shape index (κ2) is 5.06. The van der Waals surface area contributed by atoms with Gasteiger partial charge in [0.2, 0.25) is 0 Å². The molecule has 1 N–H and O–H groups in total. The van der Waals surface area contributed by atoms with E-state index in [0.29, 0.717) is 0 Å². The average molecular weight is 249 g/mol. The minimum atomic E-state index is 0.176. The van der Waals surface area contributed by atoms with Gasteiger partial charge in [-0.25, -0.2) is 0 Å². The zero-order valence-electron chi connectivity index (χ0n) is 10.7. The third kappa shape index (κ3) is 2.55. The molecule has 0 spiro atoms. The van der Waals surface area contributed by atoms with Gasteiger partial charge in [-0.05, 0) is 43.3 Å². The van der Waals surface area contributed by atoms with E-state index >= 15 is 0 Å². The van der Waals surface area contributed by atoms with Gasteiger partial charge in [0.05, 0.1) is 17.3 Å². The molecule has 1 aromatic carbocycles. The van der Waals surface area contributed by atoms with Crippen molar-refractivity contribution in [1.82, 2.24) is 9.97 Å². The minimum absolute atomic E-state index is 0.176. The summed E-state index contributed by atoms with van der Waals surface area (Å²) in [4.78, 5) is 8.68. The van der Waals surface area contributed by atoms with Crippen LogP contribution in [0.25, 0.3) is 10.9 Å². The molecule has 0 aliphatic rings. The van der Waals surface area contributed by atoms with Crippen molar-refractivity contribution in [1.29, 1.82) is 0 Å². The summed E-state index contributed by atoms with van der Waals surface area (Å²) < 4.78 is 0. The van der Waals surface area contributed by atoms with Crippen LogP contribution in [0.15, 0.2) is 60.9 Å². The van der Waals surface area contributed by atoms with Crippen molar-refractivity contribution in [2.24, 2.45) is 0 Å². The molecule has 3 nitrogen and oxygen atoms in total. The lowest BCUT2D eigenvalue weighted by Gasteiger charge is -2.15. The number of rotatable bonds is 3. The zero-order valence-corrected chi connectivity index (χ0v) is 10.7. The molecule has 3 rings (SSSR count). The highest BCUT2D eigenvalue weighted by Crippen LogP contribution is 2.21. The third-order valence-corrected chi connectivity index (χ3v) is 3.12. The van der Waals surface area contributed by atoms with Crippen LogP contribution in [-0.4, -0.2) is 9.97 Å². The van der Waals surface area contributed by atoms with E-state index in [-0.39, 0.29) is 6.04 Å². The summed E-state index contributed by atoms with van der Waals surface area (Å²) in [5.41, 5.74) is 3.13. The minimum Gasteiger partial charge on any atom is -0.377 e. The molecule has 0 amide bonds. The number of aromatic nitrogens is 2. The molecule has 1 unspecified atom stereocenters. The van der Waals surface area contributed by atoms with E-state index in [1.165, 1.54) is 0 Å². The quantitative estimate of drug-likeness (QED) is 0.767. The van der Waals surface area contributed by atoms with E-state index in [2.05, 4.69) is 40.4 Å². The van der Waals surface area contributed by atoms with Crippen molar-refractivity contribution in [2.45, 2.75) is 13.0 Å². The molecule has 94 valence electrons. The molecular weight excluding hydrogens is 234 g/mol. The van der Waals surface area contributed by atoms with Gasteiger partial charge >= 0.3 is 0 Å². The summed E-state index contributed by atoms with van der Waals surface area (Å²) in [6, 6.07) is 16.4. The Labute approximate surface area is 112 Å². The fourth-order valence-corrected chi connectivity index (χ4v) is 2.12. The van der Waals surface area contributed by atoms with Crippen LogP contribution < -0.4 is 5.32 Å². The van der Waals surface area contributed by atoms with Gasteiger partial charge in [0, 0.05) is 23.5 Å². The Morgan fingerprint density at radius 3 is 2.68 bits per heavy atom. The zero-order chi connectivity index (χ0) is 13.1. The molecule has 0 saturated carbocycles. The van der Waals surface area contributed by atoms with Gasteiger partial charge in [0.15, 0.2) is 0 Å². The molecule has 3 aromatic rings. The maximum absolute atomic E-state index is 4.36. The van der Waals surface area contributed by atoms with Gasteiger partial charge in [-0.1, -0.05) is 12.1 Å². The van der Waals surface area contributed by atoms with Crippen LogP contribution in [0.4, 0.5) is 5.69 Å². The lowest BCUT2D eigenvalue weighted by Crippen LogP contribution is -2.07. The molecule has 3 heteroatoms. The lowest BCUT2D eigenvalue weighted by molar-refractivity contribution is 0.840. The van der Waals surface area contributed by atoms with Crippen molar-refractivity contribution >= 4 is 16.6 Å². The number of nitrogens with one attached hydrogen (secondary N) is 1. The molecule has 0 aliphatic heterocycles. The first-order chi connectivity index (χ1) is 9.33. The van der Waals surface area contributed by atoms with Crippen LogP contribution in [0, 0.1) is 0 Å². The Morgan fingerprint density at radius 2 is 1.84 bits per heavy atom. The van der Waals surface area contributed by atoms with Crippen LogP contribution in [0.3, 0.4) is 0 Å². The van der Waals surface area contributed by atoms with E-state index < -0.39 is 0 Å². The maximum atomic E-state index is 4.36. The molecule has 1 atom stereocenters. The number of nitrogens with zero attached hydrogens (tertiary/aromatic N) is 2. The van der Waals surface area contributed by atoms with Crippen LogP contribution >= 0.6 is 0 Å². The molecular formula is C16H15N3. The molecule has 0 saturated heterocycles.